The Bertz CT molecular complexity index is 498. The number of nitrogens with one attached hydrogen (secondary N) is 1. The quantitative estimate of drug-likeness (QED) is 0.943. The van der Waals surface area contributed by atoms with E-state index >= 15 is 0 Å². The van der Waals surface area contributed by atoms with E-state index in [0.717, 1.165) is 31.2 Å². The lowest BCUT2D eigenvalue weighted by atomic mass is 10.2. The SMILES string of the molecule is C[C@H]1CNCCN1Cc1csc(-c2cccs2)n1.Cl. The highest BCUT2D eigenvalue weighted by Crippen LogP contribution is 2.28. The van der Waals surface area contributed by atoms with Crippen molar-refractivity contribution in [3.63, 3.8) is 0 Å². The number of halogens is 1. The van der Waals surface area contributed by atoms with E-state index in [-0.39, 0.29) is 12.4 Å². The van der Waals surface area contributed by atoms with Crippen molar-refractivity contribution in [2.45, 2.75) is 19.5 Å². The van der Waals surface area contributed by atoms with Crippen LogP contribution in [0.25, 0.3) is 9.88 Å². The Morgan fingerprint density at radius 2 is 2.37 bits per heavy atom. The fraction of sp³-hybridized carbons (Fsp3) is 0.462. The Labute approximate surface area is 128 Å². The molecule has 1 N–H and O–H groups in total. The lowest BCUT2D eigenvalue weighted by Crippen LogP contribution is -2.49. The molecule has 0 radical (unpaired) electrons. The zero-order valence-electron chi connectivity index (χ0n) is 10.8. The van der Waals surface area contributed by atoms with Gasteiger partial charge in [0.1, 0.15) is 5.01 Å². The van der Waals surface area contributed by atoms with Gasteiger partial charge in [-0.25, -0.2) is 4.98 Å². The average Bonchev–Trinajstić information content (AvgIpc) is 3.02. The molecule has 0 spiro atoms. The van der Waals surface area contributed by atoms with Gasteiger partial charge in [0.2, 0.25) is 0 Å². The molecule has 1 aliphatic rings. The van der Waals surface area contributed by atoms with Crippen molar-refractivity contribution < 1.29 is 0 Å². The number of rotatable bonds is 3. The standard InChI is InChI=1S/C13H17N3S2.ClH/c1-10-7-14-4-5-16(10)8-11-9-18-13(15-11)12-3-2-6-17-12;/h2-3,6,9-10,14H,4-5,7-8H2,1H3;1H/t10-;/m0./s1. The van der Waals surface area contributed by atoms with Crippen LogP contribution in [0.3, 0.4) is 0 Å². The highest BCUT2D eigenvalue weighted by atomic mass is 35.5. The maximum absolute atomic E-state index is 4.75. The number of piperazine rings is 1. The van der Waals surface area contributed by atoms with Crippen LogP contribution in [0.5, 0.6) is 0 Å². The molecule has 2 aromatic heterocycles. The first-order chi connectivity index (χ1) is 8.83. The minimum atomic E-state index is 0. The molecule has 0 amide bonds. The van der Waals surface area contributed by atoms with Gasteiger partial charge in [0.05, 0.1) is 10.6 Å². The number of aromatic nitrogens is 1. The highest BCUT2D eigenvalue weighted by Gasteiger charge is 2.19. The first-order valence-electron chi connectivity index (χ1n) is 6.26. The third-order valence-electron chi connectivity index (χ3n) is 3.29. The second-order valence-corrected chi connectivity index (χ2v) is 6.45. The molecule has 1 fully saturated rings. The third kappa shape index (κ3) is 3.55. The highest BCUT2D eigenvalue weighted by molar-refractivity contribution is 7.20. The van der Waals surface area contributed by atoms with Gasteiger partial charge in [0, 0.05) is 37.6 Å². The van der Waals surface area contributed by atoms with E-state index in [2.05, 4.69) is 40.0 Å². The van der Waals surface area contributed by atoms with E-state index < -0.39 is 0 Å². The summed E-state index contributed by atoms with van der Waals surface area (Å²) in [4.78, 5) is 8.53. The summed E-state index contributed by atoms with van der Waals surface area (Å²) in [6.45, 7) is 6.55. The van der Waals surface area contributed by atoms with Gasteiger partial charge in [0.25, 0.3) is 0 Å². The summed E-state index contributed by atoms with van der Waals surface area (Å²) in [5.41, 5.74) is 1.21. The Kier molecular flexibility index (Phi) is 5.36. The maximum atomic E-state index is 4.75. The van der Waals surface area contributed by atoms with E-state index in [1.54, 1.807) is 22.7 Å². The molecule has 0 saturated carbocycles. The molecular weight excluding hydrogens is 298 g/mol. The van der Waals surface area contributed by atoms with Crippen molar-refractivity contribution in [1.29, 1.82) is 0 Å². The van der Waals surface area contributed by atoms with Gasteiger partial charge in [-0.2, -0.15) is 0 Å². The predicted molar refractivity (Wildman–Crippen MR) is 85.4 cm³/mol. The summed E-state index contributed by atoms with van der Waals surface area (Å²) in [5.74, 6) is 0. The summed E-state index contributed by atoms with van der Waals surface area (Å²) in [6.07, 6.45) is 0. The molecule has 3 heterocycles. The van der Waals surface area contributed by atoms with Gasteiger partial charge in [-0.15, -0.1) is 35.1 Å². The molecule has 0 bridgehead atoms. The molecule has 1 atom stereocenters. The molecule has 1 aliphatic heterocycles. The number of hydrogen-bond donors (Lipinski definition) is 1. The average molecular weight is 316 g/mol. The summed E-state index contributed by atoms with van der Waals surface area (Å²) in [5, 5.41) is 8.88. The lowest BCUT2D eigenvalue weighted by molar-refractivity contribution is 0.164. The van der Waals surface area contributed by atoms with Gasteiger partial charge in [-0.3, -0.25) is 4.90 Å². The van der Waals surface area contributed by atoms with Gasteiger partial charge in [-0.1, -0.05) is 6.07 Å². The largest absolute Gasteiger partial charge is 0.314 e. The Hall–Kier alpha value is -0.460. The molecule has 0 aromatic carbocycles. The summed E-state index contributed by atoms with van der Waals surface area (Å²) < 4.78 is 0. The van der Waals surface area contributed by atoms with E-state index in [1.165, 1.54) is 10.6 Å². The number of hydrogen-bond acceptors (Lipinski definition) is 5. The number of nitrogens with zero attached hydrogens (tertiary/aromatic N) is 2. The summed E-state index contributed by atoms with van der Waals surface area (Å²) in [6, 6.07) is 4.82. The fourth-order valence-corrected chi connectivity index (χ4v) is 3.84. The number of thiophene rings is 1. The zero-order chi connectivity index (χ0) is 12.4. The van der Waals surface area contributed by atoms with Crippen molar-refractivity contribution in [3.05, 3.63) is 28.6 Å². The van der Waals surface area contributed by atoms with Crippen molar-refractivity contribution in [1.82, 2.24) is 15.2 Å². The van der Waals surface area contributed by atoms with Crippen LogP contribution in [-0.2, 0) is 6.54 Å². The molecule has 0 unspecified atom stereocenters. The van der Waals surface area contributed by atoms with Crippen LogP contribution in [0.4, 0.5) is 0 Å². The Morgan fingerprint density at radius 3 is 3.11 bits per heavy atom. The van der Waals surface area contributed by atoms with Gasteiger partial charge < -0.3 is 5.32 Å². The fourth-order valence-electron chi connectivity index (χ4n) is 2.22. The van der Waals surface area contributed by atoms with E-state index in [9.17, 15) is 0 Å². The van der Waals surface area contributed by atoms with Gasteiger partial charge in [-0.05, 0) is 18.4 Å². The van der Waals surface area contributed by atoms with Crippen LogP contribution in [0.15, 0.2) is 22.9 Å². The Morgan fingerprint density at radius 1 is 1.47 bits per heavy atom. The van der Waals surface area contributed by atoms with Crippen molar-refractivity contribution >= 4 is 35.1 Å². The molecule has 3 nitrogen and oxygen atoms in total. The van der Waals surface area contributed by atoms with Crippen LogP contribution in [0.1, 0.15) is 12.6 Å². The summed E-state index contributed by atoms with van der Waals surface area (Å²) in [7, 11) is 0. The smallest absolute Gasteiger partial charge is 0.133 e. The lowest BCUT2D eigenvalue weighted by Gasteiger charge is -2.33. The monoisotopic (exact) mass is 315 g/mol. The van der Waals surface area contributed by atoms with E-state index in [0.29, 0.717) is 6.04 Å². The summed E-state index contributed by atoms with van der Waals surface area (Å²) >= 11 is 3.51. The molecule has 3 rings (SSSR count). The van der Waals surface area contributed by atoms with Crippen molar-refractivity contribution in [3.8, 4) is 9.88 Å². The van der Waals surface area contributed by atoms with E-state index in [4.69, 9.17) is 4.98 Å². The molecule has 1 saturated heterocycles. The Balaban J connectivity index is 0.00000133. The molecule has 19 heavy (non-hydrogen) atoms. The molecule has 104 valence electrons. The second kappa shape index (κ2) is 6.81. The maximum Gasteiger partial charge on any atom is 0.133 e. The second-order valence-electron chi connectivity index (χ2n) is 4.64. The minimum Gasteiger partial charge on any atom is -0.314 e. The first kappa shape index (κ1) is 14.9. The molecule has 0 aliphatic carbocycles. The van der Waals surface area contributed by atoms with Crippen molar-refractivity contribution in [2.75, 3.05) is 19.6 Å². The van der Waals surface area contributed by atoms with Gasteiger partial charge in [0.15, 0.2) is 0 Å². The van der Waals surface area contributed by atoms with Crippen LogP contribution >= 0.6 is 35.1 Å². The van der Waals surface area contributed by atoms with Crippen LogP contribution in [0.2, 0.25) is 0 Å². The van der Waals surface area contributed by atoms with Gasteiger partial charge >= 0.3 is 0 Å². The van der Waals surface area contributed by atoms with Crippen molar-refractivity contribution in [2.24, 2.45) is 0 Å². The van der Waals surface area contributed by atoms with E-state index in [1.807, 2.05) is 0 Å². The topological polar surface area (TPSA) is 28.2 Å². The zero-order valence-corrected chi connectivity index (χ0v) is 13.3. The molecular formula is C13H18ClN3S2. The normalized spacial score (nSPS) is 20.2. The minimum absolute atomic E-state index is 0. The number of thiazole rings is 1. The molecule has 6 heteroatoms. The third-order valence-corrected chi connectivity index (χ3v) is 5.22. The first-order valence-corrected chi connectivity index (χ1v) is 8.02. The van der Waals surface area contributed by atoms with Crippen LogP contribution in [0, 0.1) is 0 Å². The van der Waals surface area contributed by atoms with Crippen LogP contribution < -0.4 is 5.32 Å². The van der Waals surface area contributed by atoms with Crippen LogP contribution in [-0.4, -0.2) is 35.6 Å². The molecule has 2 aromatic rings. The predicted octanol–water partition coefficient (Wildman–Crippen LogP) is 3.09.